The highest BCUT2D eigenvalue weighted by molar-refractivity contribution is 6.33. The fourth-order valence-corrected chi connectivity index (χ4v) is 2.62. The van der Waals surface area contributed by atoms with Crippen molar-refractivity contribution in [3.05, 3.63) is 70.7 Å². The Balaban J connectivity index is 2.13. The summed E-state index contributed by atoms with van der Waals surface area (Å²) in [6, 6.07) is 15.7. The highest BCUT2D eigenvalue weighted by Crippen LogP contribution is 2.20. The van der Waals surface area contributed by atoms with Gasteiger partial charge < -0.3 is 16.4 Å². The molecule has 0 aromatic heterocycles. The highest BCUT2D eigenvalue weighted by atomic mass is 35.5. The van der Waals surface area contributed by atoms with E-state index < -0.39 is 11.6 Å². The molecule has 2 aromatic carbocycles. The van der Waals surface area contributed by atoms with Gasteiger partial charge in [-0.2, -0.15) is 0 Å². The molecule has 0 aliphatic carbocycles. The van der Waals surface area contributed by atoms with Crippen LogP contribution in [0.3, 0.4) is 0 Å². The van der Waals surface area contributed by atoms with Crippen molar-refractivity contribution >= 4 is 23.4 Å². The summed E-state index contributed by atoms with van der Waals surface area (Å²) < 4.78 is 0. The van der Waals surface area contributed by atoms with Gasteiger partial charge in [-0.1, -0.05) is 54.1 Å². The Morgan fingerprint density at radius 1 is 1.08 bits per heavy atom. The van der Waals surface area contributed by atoms with Crippen LogP contribution >= 0.6 is 11.6 Å². The van der Waals surface area contributed by atoms with Crippen LogP contribution in [0.15, 0.2) is 54.6 Å². The third-order valence-corrected chi connectivity index (χ3v) is 4.09. The van der Waals surface area contributed by atoms with Crippen molar-refractivity contribution in [1.29, 1.82) is 0 Å². The van der Waals surface area contributed by atoms with Crippen molar-refractivity contribution < 1.29 is 9.59 Å². The molecule has 2 aromatic rings. The lowest BCUT2D eigenvalue weighted by Gasteiger charge is -2.22. The monoisotopic (exact) mass is 373 g/mol. The lowest BCUT2D eigenvalue weighted by Crippen LogP contribution is -2.45. The fourth-order valence-electron chi connectivity index (χ4n) is 2.40. The molecular formula is C20H24ClN3O2. The van der Waals surface area contributed by atoms with Crippen LogP contribution in [0, 0.1) is 0 Å². The Morgan fingerprint density at radius 2 is 1.69 bits per heavy atom. The molecule has 0 fully saturated rings. The van der Waals surface area contributed by atoms with Crippen LogP contribution in [0.1, 0.15) is 42.2 Å². The predicted molar refractivity (Wildman–Crippen MR) is 104 cm³/mol. The molecule has 2 rings (SSSR count). The van der Waals surface area contributed by atoms with Gasteiger partial charge in [0.25, 0.3) is 5.91 Å². The molecule has 0 bridgehead atoms. The average Bonchev–Trinajstić information content (AvgIpc) is 2.60. The summed E-state index contributed by atoms with van der Waals surface area (Å²) in [4.78, 5) is 24.9. The smallest absolute Gasteiger partial charge is 0.253 e. The summed E-state index contributed by atoms with van der Waals surface area (Å²) in [6.07, 6.45) is 0.107. The number of hydrogen-bond donors (Lipinski definition) is 3. The van der Waals surface area contributed by atoms with Crippen molar-refractivity contribution in [2.24, 2.45) is 5.73 Å². The summed E-state index contributed by atoms with van der Waals surface area (Å²) in [5.41, 5.74) is 6.62. The summed E-state index contributed by atoms with van der Waals surface area (Å²) >= 11 is 6.10. The first-order valence-electron chi connectivity index (χ1n) is 8.42. The van der Waals surface area contributed by atoms with Crippen molar-refractivity contribution in [2.45, 2.75) is 31.8 Å². The van der Waals surface area contributed by atoms with Crippen LogP contribution in [0.4, 0.5) is 0 Å². The van der Waals surface area contributed by atoms with Gasteiger partial charge in [0.1, 0.15) is 0 Å². The minimum Gasteiger partial charge on any atom is -0.354 e. The standard InChI is InChI=1S/C20H24ClN3O2/c1-20(2,22)13-23-18(25)12-17(14-8-4-3-5-9-14)24-19(26)15-10-6-7-11-16(15)21/h3-11,17H,12-13,22H2,1-2H3,(H,23,25)(H,24,26). The lowest BCUT2D eigenvalue weighted by molar-refractivity contribution is -0.121. The zero-order chi connectivity index (χ0) is 19.2. The molecule has 0 spiro atoms. The summed E-state index contributed by atoms with van der Waals surface area (Å²) in [7, 11) is 0. The average molecular weight is 374 g/mol. The van der Waals surface area contributed by atoms with E-state index in [2.05, 4.69) is 10.6 Å². The number of nitrogens with one attached hydrogen (secondary N) is 2. The molecule has 4 N–H and O–H groups in total. The van der Waals surface area contributed by atoms with E-state index in [-0.39, 0.29) is 18.2 Å². The van der Waals surface area contributed by atoms with E-state index in [4.69, 9.17) is 17.3 Å². The second-order valence-corrected chi connectivity index (χ2v) is 7.29. The van der Waals surface area contributed by atoms with Crippen LogP contribution in [0.2, 0.25) is 5.02 Å². The fraction of sp³-hybridized carbons (Fsp3) is 0.300. The molecule has 1 atom stereocenters. The number of carbonyl (C=O) groups is 2. The lowest BCUT2D eigenvalue weighted by atomic mass is 10.0. The van der Waals surface area contributed by atoms with Gasteiger partial charge >= 0.3 is 0 Å². The Bertz CT molecular complexity index is 757. The molecule has 0 saturated carbocycles. The Kier molecular flexibility index (Phi) is 6.77. The molecule has 2 amide bonds. The number of nitrogens with two attached hydrogens (primary N) is 1. The van der Waals surface area contributed by atoms with E-state index in [1.807, 2.05) is 44.2 Å². The molecule has 0 heterocycles. The van der Waals surface area contributed by atoms with Crippen molar-refractivity contribution in [3.8, 4) is 0 Å². The molecule has 138 valence electrons. The Labute approximate surface area is 158 Å². The molecule has 0 radical (unpaired) electrons. The predicted octanol–water partition coefficient (Wildman–Crippen LogP) is 3.05. The first-order chi connectivity index (χ1) is 12.3. The molecule has 1 unspecified atom stereocenters. The molecule has 5 nitrogen and oxygen atoms in total. The number of amides is 2. The van der Waals surface area contributed by atoms with E-state index in [0.29, 0.717) is 17.1 Å². The van der Waals surface area contributed by atoms with Gasteiger partial charge in [-0.3, -0.25) is 9.59 Å². The Morgan fingerprint density at radius 3 is 2.31 bits per heavy atom. The van der Waals surface area contributed by atoms with Gasteiger partial charge in [0.15, 0.2) is 0 Å². The van der Waals surface area contributed by atoms with Crippen LogP contribution in [-0.4, -0.2) is 23.9 Å². The van der Waals surface area contributed by atoms with E-state index in [1.165, 1.54) is 0 Å². The SMILES string of the molecule is CC(C)(N)CNC(=O)CC(NC(=O)c1ccccc1Cl)c1ccccc1. The number of halogens is 1. The zero-order valence-electron chi connectivity index (χ0n) is 15.0. The van der Waals surface area contributed by atoms with E-state index in [9.17, 15) is 9.59 Å². The number of carbonyl (C=O) groups excluding carboxylic acids is 2. The quantitative estimate of drug-likeness (QED) is 0.697. The van der Waals surface area contributed by atoms with Gasteiger partial charge in [0.2, 0.25) is 5.91 Å². The molecule has 0 aliphatic heterocycles. The third kappa shape index (κ3) is 6.17. The van der Waals surface area contributed by atoms with Gasteiger partial charge in [-0.15, -0.1) is 0 Å². The van der Waals surface area contributed by atoms with Gasteiger partial charge in [-0.25, -0.2) is 0 Å². The molecule has 0 aliphatic rings. The number of rotatable bonds is 7. The molecular weight excluding hydrogens is 350 g/mol. The van der Waals surface area contributed by atoms with Gasteiger partial charge in [0, 0.05) is 12.1 Å². The summed E-state index contributed by atoms with van der Waals surface area (Å²) in [5.74, 6) is -0.506. The summed E-state index contributed by atoms with van der Waals surface area (Å²) in [5, 5.41) is 6.08. The maximum absolute atomic E-state index is 12.6. The normalized spacial score (nSPS) is 12.3. The molecule has 0 saturated heterocycles. The minimum absolute atomic E-state index is 0.107. The van der Waals surface area contributed by atoms with E-state index in [0.717, 1.165) is 5.56 Å². The first kappa shape index (κ1) is 19.9. The molecule has 6 heteroatoms. The van der Waals surface area contributed by atoms with E-state index >= 15 is 0 Å². The maximum Gasteiger partial charge on any atom is 0.253 e. The van der Waals surface area contributed by atoms with Crippen LogP contribution in [0.25, 0.3) is 0 Å². The second-order valence-electron chi connectivity index (χ2n) is 6.89. The van der Waals surface area contributed by atoms with Crippen molar-refractivity contribution in [2.75, 3.05) is 6.54 Å². The topological polar surface area (TPSA) is 84.2 Å². The minimum atomic E-state index is -0.501. The Hall–Kier alpha value is -2.37. The highest BCUT2D eigenvalue weighted by Gasteiger charge is 2.21. The largest absolute Gasteiger partial charge is 0.354 e. The van der Waals surface area contributed by atoms with E-state index in [1.54, 1.807) is 24.3 Å². The summed E-state index contributed by atoms with van der Waals surface area (Å²) in [6.45, 7) is 4.02. The van der Waals surface area contributed by atoms with Crippen LogP contribution in [-0.2, 0) is 4.79 Å². The second kappa shape index (κ2) is 8.83. The molecule has 26 heavy (non-hydrogen) atoms. The third-order valence-electron chi connectivity index (χ3n) is 3.76. The maximum atomic E-state index is 12.6. The van der Waals surface area contributed by atoms with Crippen LogP contribution in [0.5, 0.6) is 0 Å². The first-order valence-corrected chi connectivity index (χ1v) is 8.80. The van der Waals surface area contributed by atoms with Crippen LogP contribution < -0.4 is 16.4 Å². The van der Waals surface area contributed by atoms with Crippen molar-refractivity contribution in [1.82, 2.24) is 10.6 Å². The number of benzene rings is 2. The van der Waals surface area contributed by atoms with Crippen molar-refractivity contribution in [3.63, 3.8) is 0 Å². The number of hydrogen-bond acceptors (Lipinski definition) is 3. The zero-order valence-corrected chi connectivity index (χ0v) is 15.7. The van der Waals surface area contributed by atoms with Gasteiger partial charge in [-0.05, 0) is 31.5 Å². The van der Waals surface area contributed by atoms with Gasteiger partial charge in [0.05, 0.1) is 23.0 Å².